The van der Waals surface area contributed by atoms with Crippen LogP contribution in [-0.2, 0) is 12.2 Å². The monoisotopic (exact) mass is 317 g/mol. The summed E-state index contributed by atoms with van der Waals surface area (Å²) >= 11 is 8.08. The third kappa shape index (κ3) is 3.82. The van der Waals surface area contributed by atoms with Crippen molar-refractivity contribution in [3.8, 4) is 0 Å². The van der Waals surface area contributed by atoms with Crippen LogP contribution in [0.25, 0.3) is 0 Å². The molecule has 2 aromatic rings. The molecule has 1 aliphatic heterocycles. The van der Waals surface area contributed by atoms with Crippen molar-refractivity contribution in [2.75, 3.05) is 5.75 Å². The van der Waals surface area contributed by atoms with Crippen molar-refractivity contribution >= 4 is 23.4 Å². The highest BCUT2D eigenvalue weighted by Crippen LogP contribution is 2.31. The van der Waals surface area contributed by atoms with Gasteiger partial charge in [0.1, 0.15) is 0 Å². The molecule has 2 unspecified atom stereocenters. The van der Waals surface area contributed by atoms with Crippen LogP contribution in [0.1, 0.15) is 29.7 Å². The van der Waals surface area contributed by atoms with Crippen molar-refractivity contribution in [1.29, 1.82) is 0 Å². The van der Waals surface area contributed by atoms with E-state index in [1.807, 2.05) is 23.9 Å². The smallest absolute Gasteiger partial charge is 0.0417 e. The molecule has 1 aliphatic rings. The first-order valence-corrected chi connectivity index (χ1v) is 8.91. The third-order valence-electron chi connectivity index (χ3n) is 3.89. The van der Waals surface area contributed by atoms with E-state index in [-0.39, 0.29) is 0 Å². The molecule has 0 spiro atoms. The summed E-state index contributed by atoms with van der Waals surface area (Å²) in [6.45, 7) is 2.25. The Kier molecular flexibility index (Phi) is 4.89. The fourth-order valence-electron chi connectivity index (χ4n) is 2.94. The van der Waals surface area contributed by atoms with E-state index in [1.54, 1.807) is 0 Å². The summed E-state index contributed by atoms with van der Waals surface area (Å²) in [6.07, 6.45) is 1.00. The Labute approximate surface area is 136 Å². The van der Waals surface area contributed by atoms with Gasteiger partial charge in [-0.15, -0.1) is 0 Å². The number of rotatable bonds is 4. The van der Waals surface area contributed by atoms with Gasteiger partial charge in [0.2, 0.25) is 0 Å². The Hall–Kier alpha value is -0.960. The molecule has 1 heterocycles. The van der Waals surface area contributed by atoms with E-state index in [0.29, 0.717) is 12.1 Å². The molecule has 3 heteroatoms. The highest BCUT2D eigenvalue weighted by atomic mass is 35.5. The molecule has 2 aromatic carbocycles. The molecule has 0 saturated carbocycles. The summed E-state index contributed by atoms with van der Waals surface area (Å²) < 4.78 is 0. The van der Waals surface area contributed by atoms with Crippen molar-refractivity contribution < 1.29 is 0 Å². The molecule has 21 heavy (non-hydrogen) atoms. The van der Waals surface area contributed by atoms with E-state index >= 15 is 0 Å². The van der Waals surface area contributed by atoms with Crippen LogP contribution < -0.4 is 5.32 Å². The molecule has 0 amide bonds. The van der Waals surface area contributed by atoms with Crippen molar-refractivity contribution in [2.24, 2.45) is 0 Å². The average molecular weight is 318 g/mol. The lowest BCUT2D eigenvalue weighted by molar-refractivity contribution is 0.478. The fraction of sp³-hybridized carbons (Fsp3) is 0.333. The molecule has 3 rings (SSSR count). The summed E-state index contributed by atoms with van der Waals surface area (Å²) in [4.78, 5) is 0. The molecule has 110 valence electrons. The first kappa shape index (κ1) is 15.0. The van der Waals surface area contributed by atoms with Crippen molar-refractivity contribution in [3.63, 3.8) is 0 Å². The normalized spacial score (nSPS) is 19.0. The van der Waals surface area contributed by atoms with Crippen LogP contribution >= 0.6 is 23.4 Å². The van der Waals surface area contributed by atoms with E-state index in [0.717, 1.165) is 22.9 Å². The summed E-state index contributed by atoms with van der Waals surface area (Å²) in [5.74, 6) is 2.29. The Balaban J connectivity index is 1.67. The quantitative estimate of drug-likeness (QED) is 0.865. The predicted octanol–water partition coefficient (Wildman–Crippen LogP) is 4.85. The predicted molar refractivity (Wildman–Crippen MR) is 93.1 cm³/mol. The summed E-state index contributed by atoms with van der Waals surface area (Å²) in [5.41, 5.74) is 4.23. The molecule has 0 saturated heterocycles. The number of benzene rings is 2. The zero-order chi connectivity index (χ0) is 14.7. The van der Waals surface area contributed by atoms with Crippen LogP contribution in [-0.4, -0.2) is 11.8 Å². The average Bonchev–Trinajstić information content (AvgIpc) is 2.47. The third-order valence-corrected chi connectivity index (χ3v) is 5.21. The number of hydrogen-bond acceptors (Lipinski definition) is 2. The molecule has 1 N–H and O–H groups in total. The van der Waals surface area contributed by atoms with Crippen LogP contribution in [0.3, 0.4) is 0 Å². The van der Waals surface area contributed by atoms with Crippen molar-refractivity contribution in [3.05, 3.63) is 70.2 Å². The lowest BCUT2D eigenvalue weighted by Crippen LogP contribution is -2.35. The molecular weight excluding hydrogens is 298 g/mol. The second kappa shape index (κ2) is 6.87. The van der Waals surface area contributed by atoms with Gasteiger partial charge in [0, 0.05) is 28.6 Å². The van der Waals surface area contributed by atoms with Crippen LogP contribution in [0.2, 0.25) is 5.02 Å². The van der Waals surface area contributed by atoms with Gasteiger partial charge in [0.15, 0.2) is 0 Å². The van der Waals surface area contributed by atoms with E-state index in [4.69, 9.17) is 11.6 Å². The molecule has 2 atom stereocenters. The minimum atomic E-state index is 0.431. The Morgan fingerprint density at radius 3 is 2.95 bits per heavy atom. The molecule has 0 fully saturated rings. The van der Waals surface area contributed by atoms with Crippen LogP contribution in [0.15, 0.2) is 48.5 Å². The number of halogens is 1. The Morgan fingerprint density at radius 2 is 2.10 bits per heavy atom. The Bertz CT molecular complexity index is 614. The van der Waals surface area contributed by atoms with E-state index in [9.17, 15) is 0 Å². The van der Waals surface area contributed by atoms with Crippen molar-refractivity contribution in [2.45, 2.75) is 31.2 Å². The van der Waals surface area contributed by atoms with Gasteiger partial charge in [0.05, 0.1) is 0 Å². The topological polar surface area (TPSA) is 12.0 Å². The number of nitrogens with one attached hydrogen (secondary N) is 1. The largest absolute Gasteiger partial charge is 0.306 e. The van der Waals surface area contributed by atoms with Crippen LogP contribution in [0, 0.1) is 0 Å². The molecule has 0 bridgehead atoms. The van der Waals surface area contributed by atoms with E-state index in [1.165, 1.54) is 16.7 Å². The maximum atomic E-state index is 6.06. The summed E-state index contributed by atoms with van der Waals surface area (Å²) in [6, 6.07) is 17.8. The second-order valence-electron chi connectivity index (χ2n) is 5.67. The maximum absolute atomic E-state index is 6.06. The van der Waals surface area contributed by atoms with Gasteiger partial charge in [-0.25, -0.2) is 0 Å². The van der Waals surface area contributed by atoms with Crippen LogP contribution in [0.4, 0.5) is 0 Å². The SMILES string of the molecule is CC(Cc1cccc(Cl)c1)NC1CSCc2ccccc21. The van der Waals surface area contributed by atoms with Gasteiger partial charge in [-0.05, 0) is 42.2 Å². The molecular formula is C18H20ClNS. The first-order chi connectivity index (χ1) is 10.2. The zero-order valence-corrected chi connectivity index (χ0v) is 13.8. The van der Waals surface area contributed by atoms with Gasteiger partial charge >= 0.3 is 0 Å². The lowest BCUT2D eigenvalue weighted by atomic mass is 10.00. The fourth-order valence-corrected chi connectivity index (χ4v) is 4.26. The zero-order valence-electron chi connectivity index (χ0n) is 12.2. The van der Waals surface area contributed by atoms with E-state index < -0.39 is 0 Å². The standard InChI is InChI=1S/C18H20ClNS/c1-13(9-14-5-4-7-16(19)10-14)20-18-12-21-11-15-6-2-3-8-17(15)18/h2-8,10,13,18,20H,9,11-12H2,1H3. The highest BCUT2D eigenvalue weighted by molar-refractivity contribution is 7.98. The Morgan fingerprint density at radius 1 is 1.24 bits per heavy atom. The molecule has 0 aromatic heterocycles. The number of fused-ring (bicyclic) bond motifs is 1. The first-order valence-electron chi connectivity index (χ1n) is 7.38. The van der Waals surface area contributed by atoms with Gasteiger partial charge in [-0.1, -0.05) is 48.0 Å². The minimum Gasteiger partial charge on any atom is -0.306 e. The van der Waals surface area contributed by atoms with Crippen molar-refractivity contribution in [1.82, 2.24) is 5.32 Å². The number of thioether (sulfide) groups is 1. The van der Waals surface area contributed by atoms with Crippen LogP contribution in [0.5, 0.6) is 0 Å². The molecule has 1 nitrogen and oxygen atoms in total. The summed E-state index contributed by atoms with van der Waals surface area (Å²) in [7, 11) is 0. The van der Waals surface area contributed by atoms with Gasteiger partial charge in [-0.3, -0.25) is 0 Å². The summed E-state index contributed by atoms with van der Waals surface area (Å²) in [5, 5.41) is 4.60. The maximum Gasteiger partial charge on any atom is 0.0417 e. The highest BCUT2D eigenvalue weighted by Gasteiger charge is 2.21. The van der Waals surface area contributed by atoms with Gasteiger partial charge < -0.3 is 5.32 Å². The van der Waals surface area contributed by atoms with Gasteiger partial charge in [0.25, 0.3) is 0 Å². The molecule has 0 aliphatic carbocycles. The van der Waals surface area contributed by atoms with Gasteiger partial charge in [-0.2, -0.15) is 11.8 Å². The second-order valence-corrected chi connectivity index (χ2v) is 7.13. The lowest BCUT2D eigenvalue weighted by Gasteiger charge is -2.29. The minimum absolute atomic E-state index is 0.431. The van der Waals surface area contributed by atoms with E-state index in [2.05, 4.69) is 48.6 Å². The number of hydrogen-bond donors (Lipinski definition) is 1. The molecule has 0 radical (unpaired) electrons.